The molecule has 24 heavy (non-hydrogen) atoms. The Morgan fingerprint density at radius 2 is 1.67 bits per heavy atom. The number of aryl methyl sites for hydroxylation is 2. The van der Waals surface area contributed by atoms with Crippen molar-refractivity contribution in [2.24, 2.45) is 0 Å². The number of carbonyl (C=O) groups is 1. The molecule has 0 aliphatic rings. The van der Waals surface area contributed by atoms with Gasteiger partial charge < -0.3 is 9.47 Å². The number of nitrogens with one attached hydrogen (secondary N) is 1. The molecule has 0 aromatic heterocycles. The Labute approximate surface area is 141 Å². The molecular formula is C17H19NO5S. The van der Waals surface area contributed by atoms with Gasteiger partial charge in [-0.2, -0.15) is 4.72 Å². The lowest BCUT2D eigenvalue weighted by atomic mass is 10.2. The summed E-state index contributed by atoms with van der Waals surface area (Å²) in [4.78, 5) is 11.9. The summed E-state index contributed by atoms with van der Waals surface area (Å²) < 4.78 is 37.0. The predicted molar refractivity (Wildman–Crippen MR) is 89.7 cm³/mol. The quantitative estimate of drug-likeness (QED) is 0.639. The standard InChI is InChI=1S/C17H19NO5S/c1-12-4-6-14(7-5-12)23-17(19)11-18-24(20,21)16-9-8-15(22-3)10-13(16)2/h4-10,18H,11H2,1-3H3. The van der Waals surface area contributed by atoms with Crippen molar-refractivity contribution in [2.45, 2.75) is 18.7 Å². The summed E-state index contributed by atoms with van der Waals surface area (Å²) in [6.45, 7) is 3.11. The maximum atomic E-state index is 12.3. The first-order valence-corrected chi connectivity index (χ1v) is 8.72. The minimum absolute atomic E-state index is 0.0893. The molecule has 6 nitrogen and oxygen atoms in total. The highest BCUT2D eigenvalue weighted by atomic mass is 32.2. The molecule has 2 aromatic rings. The highest BCUT2D eigenvalue weighted by Gasteiger charge is 2.19. The average Bonchev–Trinajstić information content (AvgIpc) is 2.55. The maximum Gasteiger partial charge on any atom is 0.326 e. The summed E-state index contributed by atoms with van der Waals surface area (Å²) in [5.74, 6) is 0.240. The molecule has 1 N–H and O–H groups in total. The molecule has 0 unspecified atom stereocenters. The predicted octanol–water partition coefficient (Wildman–Crippen LogP) is 2.20. The maximum absolute atomic E-state index is 12.3. The van der Waals surface area contributed by atoms with Crippen molar-refractivity contribution in [3.63, 3.8) is 0 Å². The second-order valence-electron chi connectivity index (χ2n) is 5.24. The monoisotopic (exact) mass is 349 g/mol. The Hall–Kier alpha value is -2.38. The largest absolute Gasteiger partial charge is 0.497 e. The van der Waals surface area contributed by atoms with Gasteiger partial charge in [-0.3, -0.25) is 4.79 Å². The molecule has 2 rings (SSSR count). The van der Waals surface area contributed by atoms with E-state index in [-0.39, 0.29) is 4.90 Å². The second-order valence-corrected chi connectivity index (χ2v) is 6.98. The lowest BCUT2D eigenvalue weighted by Gasteiger charge is -2.10. The van der Waals surface area contributed by atoms with Crippen LogP contribution in [0.15, 0.2) is 47.4 Å². The zero-order valence-corrected chi connectivity index (χ0v) is 14.5. The van der Waals surface area contributed by atoms with E-state index in [9.17, 15) is 13.2 Å². The number of hydrogen-bond acceptors (Lipinski definition) is 5. The second kappa shape index (κ2) is 7.46. The summed E-state index contributed by atoms with van der Waals surface area (Å²) in [5, 5.41) is 0. The normalized spacial score (nSPS) is 11.1. The third-order valence-electron chi connectivity index (χ3n) is 3.33. The molecule has 0 heterocycles. The van der Waals surface area contributed by atoms with Crippen LogP contribution in [0.3, 0.4) is 0 Å². The number of ether oxygens (including phenoxy) is 2. The molecule has 0 radical (unpaired) electrons. The van der Waals surface area contributed by atoms with Gasteiger partial charge in [-0.15, -0.1) is 0 Å². The van der Waals surface area contributed by atoms with Gasteiger partial charge in [-0.25, -0.2) is 8.42 Å². The van der Waals surface area contributed by atoms with E-state index >= 15 is 0 Å². The van der Waals surface area contributed by atoms with Crippen LogP contribution in [0, 0.1) is 13.8 Å². The van der Waals surface area contributed by atoms with Crippen LogP contribution in [0.4, 0.5) is 0 Å². The van der Waals surface area contributed by atoms with Crippen LogP contribution in [0.5, 0.6) is 11.5 Å². The topological polar surface area (TPSA) is 81.7 Å². The number of benzene rings is 2. The Kier molecular flexibility index (Phi) is 5.58. The van der Waals surface area contributed by atoms with Crippen LogP contribution in [-0.4, -0.2) is 28.0 Å². The van der Waals surface area contributed by atoms with E-state index in [2.05, 4.69) is 4.72 Å². The molecule has 0 spiro atoms. The van der Waals surface area contributed by atoms with Gasteiger partial charge in [0.15, 0.2) is 0 Å². The van der Waals surface area contributed by atoms with Crippen LogP contribution < -0.4 is 14.2 Å². The molecule has 0 fully saturated rings. The van der Waals surface area contributed by atoms with Gasteiger partial charge >= 0.3 is 5.97 Å². The van der Waals surface area contributed by atoms with Crippen molar-refractivity contribution in [1.82, 2.24) is 4.72 Å². The van der Waals surface area contributed by atoms with E-state index < -0.39 is 22.5 Å². The summed E-state index contributed by atoms with van der Waals surface area (Å²) in [6.07, 6.45) is 0. The van der Waals surface area contributed by atoms with E-state index in [1.807, 2.05) is 6.92 Å². The molecular weight excluding hydrogens is 330 g/mol. The van der Waals surface area contributed by atoms with Gasteiger partial charge in [0.2, 0.25) is 10.0 Å². The van der Waals surface area contributed by atoms with Crippen molar-refractivity contribution >= 4 is 16.0 Å². The molecule has 0 bridgehead atoms. The minimum atomic E-state index is -3.82. The fraction of sp³-hybridized carbons (Fsp3) is 0.235. The molecule has 0 aliphatic heterocycles. The lowest BCUT2D eigenvalue weighted by Crippen LogP contribution is -2.32. The summed E-state index contributed by atoms with van der Waals surface area (Å²) >= 11 is 0. The van der Waals surface area contributed by atoms with E-state index in [0.29, 0.717) is 17.1 Å². The van der Waals surface area contributed by atoms with Crippen LogP contribution in [-0.2, 0) is 14.8 Å². The van der Waals surface area contributed by atoms with Gasteiger partial charge in [0.1, 0.15) is 18.0 Å². The lowest BCUT2D eigenvalue weighted by molar-refractivity contribution is -0.133. The Bertz CT molecular complexity index is 829. The molecule has 0 saturated carbocycles. The summed E-state index contributed by atoms with van der Waals surface area (Å²) in [5.41, 5.74) is 1.55. The van der Waals surface area contributed by atoms with E-state index in [4.69, 9.17) is 9.47 Å². The van der Waals surface area contributed by atoms with Crippen molar-refractivity contribution in [3.8, 4) is 11.5 Å². The number of esters is 1. The smallest absolute Gasteiger partial charge is 0.326 e. The van der Waals surface area contributed by atoms with Crippen LogP contribution in [0.2, 0.25) is 0 Å². The van der Waals surface area contributed by atoms with Gasteiger partial charge in [-0.05, 0) is 49.7 Å². The SMILES string of the molecule is COc1ccc(S(=O)(=O)NCC(=O)Oc2ccc(C)cc2)c(C)c1. The number of hydrogen-bond donors (Lipinski definition) is 1. The third-order valence-corrected chi connectivity index (χ3v) is 4.89. The average molecular weight is 349 g/mol. The number of sulfonamides is 1. The van der Waals surface area contributed by atoms with Crippen LogP contribution >= 0.6 is 0 Å². The first-order valence-electron chi connectivity index (χ1n) is 7.23. The van der Waals surface area contributed by atoms with Gasteiger partial charge in [0.05, 0.1) is 12.0 Å². The fourth-order valence-corrected chi connectivity index (χ4v) is 3.25. The van der Waals surface area contributed by atoms with Crippen molar-refractivity contribution in [2.75, 3.05) is 13.7 Å². The fourth-order valence-electron chi connectivity index (χ4n) is 2.06. The first kappa shape index (κ1) is 18.0. The van der Waals surface area contributed by atoms with E-state index in [1.165, 1.54) is 13.2 Å². The zero-order chi connectivity index (χ0) is 17.7. The minimum Gasteiger partial charge on any atom is -0.497 e. The van der Waals surface area contributed by atoms with Crippen molar-refractivity contribution in [3.05, 3.63) is 53.6 Å². The highest BCUT2D eigenvalue weighted by molar-refractivity contribution is 7.89. The first-order chi connectivity index (χ1) is 11.3. The third kappa shape index (κ3) is 4.56. The Balaban J connectivity index is 2.01. The van der Waals surface area contributed by atoms with E-state index in [0.717, 1.165) is 5.56 Å². The van der Waals surface area contributed by atoms with Crippen molar-refractivity contribution < 1.29 is 22.7 Å². The van der Waals surface area contributed by atoms with Gasteiger partial charge in [0, 0.05) is 0 Å². The summed E-state index contributed by atoms with van der Waals surface area (Å²) in [7, 11) is -2.31. The van der Waals surface area contributed by atoms with Gasteiger partial charge in [-0.1, -0.05) is 17.7 Å². The summed E-state index contributed by atoms with van der Waals surface area (Å²) in [6, 6.07) is 11.5. The molecule has 128 valence electrons. The van der Waals surface area contributed by atoms with Gasteiger partial charge in [0.25, 0.3) is 0 Å². The molecule has 0 aliphatic carbocycles. The molecule has 2 aromatic carbocycles. The number of rotatable bonds is 6. The van der Waals surface area contributed by atoms with Crippen LogP contribution in [0.1, 0.15) is 11.1 Å². The van der Waals surface area contributed by atoms with Crippen molar-refractivity contribution in [1.29, 1.82) is 0 Å². The van der Waals surface area contributed by atoms with E-state index in [1.54, 1.807) is 43.3 Å². The van der Waals surface area contributed by atoms with Crippen LogP contribution in [0.25, 0.3) is 0 Å². The number of methoxy groups -OCH3 is 1. The molecule has 0 saturated heterocycles. The highest BCUT2D eigenvalue weighted by Crippen LogP contribution is 2.20. The Morgan fingerprint density at radius 3 is 2.25 bits per heavy atom. The molecule has 7 heteroatoms. The molecule has 0 atom stereocenters. The zero-order valence-electron chi connectivity index (χ0n) is 13.7. The molecule has 0 amide bonds. The number of carbonyl (C=O) groups excluding carboxylic acids is 1. The Morgan fingerprint density at radius 1 is 1.04 bits per heavy atom.